The molecule has 0 aromatic heterocycles. The Hall–Kier alpha value is 0.236. The van der Waals surface area contributed by atoms with Gasteiger partial charge in [-0.2, -0.15) is 0 Å². The second-order valence-electron chi connectivity index (χ2n) is 2.75. The Balaban J connectivity index is 0.00000196. The number of sulfonamides is 1. The maximum absolute atomic E-state index is 10.9. The first kappa shape index (κ1) is 15.2. The maximum atomic E-state index is 10.9. The minimum absolute atomic E-state index is 0. The molecule has 0 unspecified atom stereocenters. The van der Waals surface area contributed by atoms with E-state index < -0.39 is 10.0 Å². The van der Waals surface area contributed by atoms with Gasteiger partial charge in [0.05, 0.1) is 4.90 Å². The topological polar surface area (TPSA) is 89.3 Å². The number of amides is 1. The third kappa shape index (κ3) is 5.21. The molecule has 1 rings (SSSR count). The molecule has 3 N–H and O–H groups in total. The fourth-order valence-electron chi connectivity index (χ4n) is 0.931. The first-order chi connectivity index (χ1) is 6.39. The number of hydrogen-bond donors (Lipinski definition) is 2. The first-order valence-electron chi connectivity index (χ1n) is 3.80. The number of hydrogen-bond acceptors (Lipinski definition) is 3. The Morgan fingerprint density at radius 2 is 1.73 bits per heavy atom. The van der Waals surface area contributed by atoms with E-state index in [1.807, 2.05) is 0 Å². The van der Waals surface area contributed by atoms with Gasteiger partial charge >= 0.3 is 51.4 Å². The Morgan fingerprint density at radius 3 is 2.07 bits per heavy atom. The van der Waals surface area contributed by atoms with Crippen LogP contribution in [-0.4, -0.2) is 65.7 Å². The molecule has 1 amide bonds. The van der Waals surface area contributed by atoms with Crippen molar-refractivity contribution in [3.63, 3.8) is 0 Å². The van der Waals surface area contributed by atoms with Crippen LogP contribution in [0.1, 0.15) is 6.92 Å². The number of nitrogens with one attached hydrogen (secondary N) is 1. The fraction of sp³-hybridized carbons (Fsp3) is 0.125. The summed E-state index contributed by atoms with van der Waals surface area (Å²) in [6.45, 7) is 1.37. The van der Waals surface area contributed by atoms with Gasteiger partial charge in [-0.05, 0) is 24.3 Å². The van der Waals surface area contributed by atoms with Gasteiger partial charge in [-0.3, -0.25) is 4.79 Å². The molecule has 78 valence electrons. The molecule has 5 nitrogen and oxygen atoms in total. The zero-order chi connectivity index (χ0) is 10.8. The number of nitrogens with two attached hydrogens (primary N) is 1. The van der Waals surface area contributed by atoms with Gasteiger partial charge in [0.1, 0.15) is 0 Å². The summed E-state index contributed by atoms with van der Waals surface area (Å²) >= 11 is 0. The number of primary sulfonamides is 1. The van der Waals surface area contributed by atoms with E-state index in [0.29, 0.717) is 5.69 Å². The van der Waals surface area contributed by atoms with Crippen molar-refractivity contribution in [1.29, 1.82) is 0 Å². The van der Waals surface area contributed by atoms with Gasteiger partial charge in [0.15, 0.2) is 0 Å². The minimum atomic E-state index is -3.66. The molecule has 0 fully saturated rings. The van der Waals surface area contributed by atoms with Crippen LogP contribution in [-0.2, 0) is 14.8 Å². The quantitative estimate of drug-likeness (QED) is 0.707. The van der Waals surface area contributed by atoms with E-state index >= 15 is 0 Å². The molecule has 1 aromatic rings. The van der Waals surface area contributed by atoms with Crippen molar-refractivity contribution in [2.45, 2.75) is 11.8 Å². The van der Waals surface area contributed by atoms with Crippen molar-refractivity contribution in [1.82, 2.24) is 0 Å². The zero-order valence-electron chi connectivity index (χ0n) is 7.52. The molecule has 0 saturated heterocycles. The number of anilines is 1. The summed E-state index contributed by atoms with van der Waals surface area (Å²) in [5, 5.41) is 7.40. The second kappa shape index (κ2) is 6.09. The van der Waals surface area contributed by atoms with Crippen LogP contribution in [0.2, 0.25) is 0 Å². The van der Waals surface area contributed by atoms with E-state index in [1.165, 1.54) is 31.2 Å². The van der Waals surface area contributed by atoms with Crippen molar-refractivity contribution in [2.24, 2.45) is 5.14 Å². The molecule has 0 bridgehead atoms. The van der Waals surface area contributed by atoms with Crippen molar-refractivity contribution in [2.75, 3.05) is 5.32 Å². The third-order valence-electron chi connectivity index (χ3n) is 1.50. The SMILES string of the molecule is CC(=O)Nc1ccc(S(N)(=O)=O)cc1.[KH]. The van der Waals surface area contributed by atoms with Gasteiger partial charge < -0.3 is 5.32 Å². The van der Waals surface area contributed by atoms with E-state index in [1.54, 1.807) is 0 Å². The summed E-state index contributed by atoms with van der Waals surface area (Å²) in [5.74, 6) is -0.214. The summed E-state index contributed by atoms with van der Waals surface area (Å²) in [6, 6.07) is 5.61. The molecular weight excluding hydrogens is 243 g/mol. The van der Waals surface area contributed by atoms with Crippen LogP contribution in [0.25, 0.3) is 0 Å². The van der Waals surface area contributed by atoms with Crippen LogP contribution in [0, 0.1) is 0 Å². The summed E-state index contributed by atoms with van der Waals surface area (Å²) in [5.41, 5.74) is 0.532. The van der Waals surface area contributed by atoms with Crippen LogP contribution in [0.4, 0.5) is 5.69 Å². The van der Waals surface area contributed by atoms with Crippen molar-refractivity contribution in [3.05, 3.63) is 24.3 Å². The number of benzene rings is 1. The zero-order valence-corrected chi connectivity index (χ0v) is 8.34. The Bertz CT molecular complexity index is 441. The molecule has 1 aromatic carbocycles. The predicted octanol–water partition coefficient (Wildman–Crippen LogP) is -0.356. The summed E-state index contributed by atoms with van der Waals surface area (Å²) < 4.78 is 21.7. The molecule has 0 aliphatic carbocycles. The van der Waals surface area contributed by atoms with Gasteiger partial charge in [0.2, 0.25) is 15.9 Å². The monoisotopic (exact) mass is 254 g/mol. The van der Waals surface area contributed by atoms with Crippen LogP contribution in [0.3, 0.4) is 0 Å². The van der Waals surface area contributed by atoms with Crippen molar-refractivity contribution < 1.29 is 13.2 Å². The van der Waals surface area contributed by atoms with Gasteiger partial charge in [0, 0.05) is 12.6 Å². The van der Waals surface area contributed by atoms with E-state index in [-0.39, 0.29) is 62.2 Å². The second-order valence-corrected chi connectivity index (χ2v) is 4.31. The first-order valence-corrected chi connectivity index (χ1v) is 5.34. The molecular formula is C8H11KN2O3S. The van der Waals surface area contributed by atoms with Crippen LogP contribution in [0.15, 0.2) is 29.2 Å². The summed E-state index contributed by atoms with van der Waals surface area (Å²) in [6.07, 6.45) is 0. The molecule has 0 spiro atoms. The molecule has 0 atom stereocenters. The number of carbonyl (C=O) groups excluding carboxylic acids is 1. The molecule has 0 heterocycles. The molecule has 0 aliphatic heterocycles. The molecule has 0 radical (unpaired) electrons. The Labute approximate surface area is 131 Å². The van der Waals surface area contributed by atoms with Crippen LogP contribution >= 0.6 is 0 Å². The van der Waals surface area contributed by atoms with Gasteiger partial charge in [0.25, 0.3) is 0 Å². The van der Waals surface area contributed by atoms with Crippen LogP contribution < -0.4 is 10.5 Å². The molecule has 7 heteroatoms. The fourth-order valence-corrected chi connectivity index (χ4v) is 1.45. The van der Waals surface area contributed by atoms with E-state index in [4.69, 9.17) is 5.14 Å². The molecule has 0 aliphatic rings. The van der Waals surface area contributed by atoms with Gasteiger partial charge in [-0.1, -0.05) is 0 Å². The van der Waals surface area contributed by atoms with Crippen LogP contribution in [0.5, 0.6) is 0 Å². The van der Waals surface area contributed by atoms with E-state index in [2.05, 4.69) is 5.32 Å². The summed E-state index contributed by atoms with van der Waals surface area (Å²) in [7, 11) is -3.66. The normalized spacial score (nSPS) is 10.3. The molecule has 0 saturated carbocycles. The summed E-state index contributed by atoms with van der Waals surface area (Å²) in [4.78, 5) is 10.7. The Morgan fingerprint density at radius 1 is 1.27 bits per heavy atom. The third-order valence-corrected chi connectivity index (χ3v) is 2.43. The standard InChI is InChI=1S/C8H10N2O3S.K.H/c1-6(11)10-7-2-4-8(5-3-7)14(9,12)13;;/h2-5H,1H3,(H,10,11)(H2,9,12,13);;. The predicted molar refractivity (Wildman–Crippen MR) is 59.3 cm³/mol. The van der Waals surface area contributed by atoms with Crippen molar-refractivity contribution >= 4 is 73.0 Å². The van der Waals surface area contributed by atoms with Gasteiger partial charge in [-0.15, -0.1) is 0 Å². The average molecular weight is 254 g/mol. The van der Waals surface area contributed by atoms with E-state index in [0.717, 1.165) is 0 Å². The number of carbonyl (C=O) groups is 1. The average Bonchev–Trinajstić information content (AvgIpc) is 2.02. The van der Waals surface area contributed by atoms with Crippen molar-refractivity contribution in [3.8, 4) is 0 Å². The molecule has 15 heavy (non-hydrogen) atoms. The van der Waals surface area contributed by atoms with Gasteiger partial charge in [-0.25, -0.2) is 13.6 Å². The number of rotatable bonds is 2. The van der Waals surface area contributed by atoms with E-state index in [9.17, 15) is 13.2 Å². The Kier molecular flexibility index (Phi) is 6.19.